The van der Waals surface area contributed by atoms with Gasteiger partial charge < -0.3 is 9.67 Å². The second-order valence-electron chi connectivity index (χ2n) is 6.10. The topological polar surface area (TPSA) is 25.2 Å². The second-order valence-corrected chi connectivity index (χ2v) is 6.95. The fraction of sp³-hybridized carbons (Fsp3) is 0.500. The van der Waals surface area contributed by atoms with Gasteiger partial charge in [0.05, 0.1) is 12.1 Å². The maximum Gasteiger partial charge on any atom is 0.0527 e. The average molecular weight is 320 g/mol. The predicted octanol–water partition coefficient (Wildman–Crippen LogP) is 3.76. The highest BCUT2D eigenvalue weighted by atomic mass is 79.9. The molecular weight excluding hydrogens is 302 g/mol. The van der Waals surface area contributed by atoms with Gasteiger partial charge in [0.1, 0.15) is 0 Å². The average Bonchev–Trinajstić information content (AvgIpc) is 2.68. The Labute approximate surface area is 121 Å². The third kappa shape index (κ3) is 1.58. The highest BCUT2D eigenvalue weighted by Crippen LogP contribution is 2.46. The Morgan fingerprint density at radius 1 is 1.26 bits per heavy atom. The molecule has 1 aromatic carbocycles. The van der Waals surface area contributed by atoms with Crippen LogP contribution in [-0.2, 0) is 18.4 Å². The zero-order valence-electron chi connectivity index (χ0n) is 11.0. The van der Waals surface area contributed by atoms with Crippen molar-refractivity contribution in [2.24, 2.45) is 0 Å². The fourth-order valence-corrected chi connectivity index (χ4v) is 4.29. The van der Waals surface area contributed by atoms with Gasteiger partial charge in [0.2, 0.25) is 0 Å². The molecule has 1 aliphatic heterocycles. The molecule has 2 nitrogen and oxygen atoms in total. The van der Waals surface area contributed by atoms with Crippen molar-refractivity contribution in [1.29, 1.82) is 0 Å². The number of aliphatic hydroxyl groups is 1. The van der Waals surface area contributed by atoms with Crippen molar-refractivity contribution in [1.82, 2.24) is 4.57 Å². The summed E-state index contributed by atoms with van der Waals surface area (Å²) < 4.78 is 3.56. The van der Waals surface area contributed by atoms with Gasteiger partial charge in [-0.05, 0) is 58.8 Å². The summed E-state index contributed by atoms with van der Waals surface area (Å²) >= 11 is 3.70. The predicted molar refractivity (Wildman–Crippen MR) is 80.6 cm³/mol. The van der Waals surface area contributed by atoms with E-state index in [4.69, 9.17) is 0 Å². The van der Waals surface area contributed by atoms with Crippen LogP contribution in [0.3, 0.4) is 0 Å². The molecule has 4 rings (SSSR count). The fourth-order valence-electron chi connectivity index (χ4n) is 3.74. The Hall–Kier alpha value is -0.800. The lowest BCUT2D eigenvalue weighted by Gasteiger charge is -2.41. The van der Waals surface area contributed by atoms with Crippen molar-refractivity contribution in [3.63, 3.8) is 0 Å². The van der Waals surface area contributed by atoms with E-state index in [1.54, 1.807) is 0 Å². The minimum absolute atomic E-state index is 0.0453. The number of benzene rings is 1. The molecule has 1 aliphatic carbocycles. The maximum absolute atomic E-state index is 9.80. The molecule has 1 saturated carbocycles. The molecule has 1 aromatic heterocycles. The van der Waals surface area contributed by atoms with E-state index in [0.717, 1.165) is 19.4 Å². The first-order chi connectivity index (χ1) is 9.23. The molecule has 2 aliphatic rings. The zero-order chi connectivity index (χ0) is 13.0. The van der Waals surface area contributed by atoms with E-state index in [9.17, 15) is 5.11 Å². The minimum Gasteiger partial charge on any atom is -0.395 e. The molecule has 19 heavy (non-hydrogen) atoms. The normalized spacial score (nSPS) is 20.5. The van der Waals surface area contributed by atoms with Crippen LogP contribution in [0.1, 0.15) is 36.8 Å². The summed E-state index contributed by atoms with van der Waals surface area (Å²) in [4.78, 5) is 0. The molecule has 0 atom stereocenters. The molecule has 1 fully saturated rings. The standard InChI is InChI=1S/C16H18BrNO/c17-14-9-18-6-1-3-11-7-12(8-13(14)15(11)18)16(10-19)4-2-5-16/h7-9,19H,1-6,10H2. The third-order valence-electron chi connectivity index (χ3n) is 5.07. The SMILES string of the molecule is OCC1(c2cc3c4c(c2)c(Br)cn4CCC3)CCC1. The van der Waals surface area contributed by atoms with E-state index >= 15 is 0 Å². The van der Waals surface area contributed by atoms with Gasteiger partial charge in [-0.1, -0.05) is 12.5 Å². The van der Waals surface area contributed by atoms with Crippen LogP contribution in [0.5, 0.6) is 0 Å². The highest BCUT2D eigenvalue weighted by molar-refractivity contribution is 9.10. The lowest BCUT2D eigenvalue weighted by Crippen LogP contribution is -2.38. The summed E-state index contributed by atoms with van der Waals surface area (Å²) in [5.41, 5.74) is 4.26. The van der Waals surface area contributed by atoms with Gasteiger partial charge in [-0.15, -0.1) is 0 Å². The van der Waals surface area contributed by atoms with Crippen molar-refractivity contribution in [2.75, 3.05) is 6.61 Å². The number of hydrogen-bond acceptors (Lipinski definition) is 1. The Bertz CT molecular complexity index is 649. The van der Waals surface area contributed by atoms with E-state index in [0.29, 0.717) is 0 Å². The molecule has 2 heterocycles. The number of aliphatic hydroxyl groups excluding tert-OH is 1. The molecule has 0 unspecified atom stereocenters. The Morgan fingerprint density at radius 2 is 2.11 bits per heavy atom. The molecule has 2 aromatic rings. The number of aryl methyl sites for hydroxylation is 2. The molecular formula is C16H18BrNO. The van der Waals surface area contributed by atoms with E-state index in [2.05, 4.69) is 38.8 Å². The molecule has 1 N–H and O–H groups in total. The quantitative estimate of drug-likeness (QED) is 0.895. The molecule has 0 spiro atoms. The van der Waals surface area contributed by atoms with Gasteiger partial charge in [0.25, 0.3) is 0 Å². The smallest absolute Gasteiger partial charge is 0.0527 e. The van der Waals surface area contributed by atoms with Crippen molar-refractivity contribution >= 4 is 26.8 Å². The molecule has 100 valence electrons. The van der Waals surface area contributed by atoms with E-state index in [1.807, 2.05) is 0 Å². The van der Waals surface area contributed by atoms with Gasteiger partial charge in [-0.3, -0.25) is 0 Å². The Kier molecular flexibility index (Phi) is 2.58. The molecule has 0 bridgehead atoms. The van der Waals surface area contributed by atoms with E-state index in [1.165, 1.54) is 45.8 Å². The van der Waals surface area contributed by atoms with Crippen molar-refractivity contribution in [3.8, 4) is 0 Å². The van der Waals surface area contributed by atoms with Crippen molar-refractivity contribution < 1.29 is 5.11 Å². The zero-order valence-corrected chi connectivity index (χ0v) is 12.5. The van der Waals surface area contributed by atoms with Gasteiger partial charge in [0, 0.05) is 28.0 Å². The van der Waals surface area contributed by atoms with Crippen LogP contribution in [0.2, 0.25) is 0 Å². The number of nitrogens with zero attached hydrogens (tertiary/aromatic N) is 1. The number of halogens is 1. The van der Waals surface area contributed by atoms with Crippen LogP contribution < -0.4 is 0 Å². The molecule has 0 saturated heterocycles. The maximum atomic E-state index is 9.80. The molecule has 0 radical (unpaired) electrons. The number of rotatable bonds is 2. The summed E-state index contributed by atoms with van der Waals surface area (Å²) in [5.74, 6) is 0. The van der Waals surface area contributed by atoms with Gasteiger partial charge in [-0.25, -0.2) is 0 Å². The second kappa shape index (κ2) is 4.10. The van der Waals surface area contributed by atoms with Gasteiger partial charge in [-0.2, -0.15) is 0 Å². The van der Waals surface area contributed by atoms with Crippen LogP contribution in [0.25, 0.3) is 10.9 Å². The van der Waals surface area contributed by atoms with E-state index in [-0.39, 0.29) is 12.0 Å². The number of hydrogen-bond donors (Lipinski definition) is 1. The lowest BCUT2D eigenvalue weighted by molar-refractivity contribution is 0.120. The Morgan fingerprint density at radius 3 is 2.79 bits per heavy atom. The highest BCUT2D eigenvalue weighted by Gasteiger charge is 2.38. The first kappa shape index (κ1) is 12.0. The summed E-state index contributed by atoms with van der Waals surface area (Å²) in [6.07, 6.45) is 8.11. The van der Waals surface area contributed by atoms with Crippen LogP contribution in [-0.4, -0.2) is 16.3 Å². The summed E-state index contributed by atoms with van der Waals surface area (Å²) in [7, 11) is 0. The molecule has 0 amide bonds. The van der Waals surface area contributed by atoms with Crippen molar-refractivity contribution in [3.05, 3.63) is 33.9 Å². The summed E-state index contributed by atoms with van der Waals surface area (Å²) in [6.45, 7) is 1.41. The Balaban J connectivity index is 1.97. The van der Waals surface area contributed by atoms with Crippen LogP contribution in [0, 0.1) is 0 Å². The lowest BCUT2D eigenvalue weighted by atomic mass is 9.64. The van der Waals surface area contributed by atoms with Crippen molar-refractivity contribution in [2.45, 2.75) is 44.1 Å². The largest absolute Gasteiger partial charge is 0.395 e. The van der Waals surface area contributed by atoms with E-state index < -0.39 is 0 Å². The third-order valence-corrected chi connectivity index (χ3v) is 5.71. The van der Waals surface area contributed by atoms with Crippen LogP contribution in [0.4, 0.5) is 0 Å². The van der Waals surface area contributed by atoms with Gasteiger partial charge in [0.15, 0.2) is 0 Å². The van der Waals surface area contributed by atoms with Crippen LogP contribution >= 0.6 is 15.9 Å². The van der Waals surface area contributed by atoms with Crippen LogP contribution in [0.15, 0.2) is 22.8 Å². The summed E-state index contributed by atoms with van der Waals surface area (Å²) in [6, 6.07) is 4.67. The first-order valence-corrected chi connectivity index (χ1v) is 7.95. The number of aromatic nitrogens is 1. The minimum atomic E-state index is 0.0453. The molecule has 3 heteroatoms. The first-order valence-electron chi connectivity index (χ1n) is 7.16. The van der Waals surface area contributed by atoms with Gasteiger partial charge >= 0.3 is 0 Å². The monoisotopic (exact) mass is 319 g/mol. The summed E-state index contributed by atoms with van der Waals surface area (Å²) in [5, 5.41) is 11.1.